The zero-order valence-electron chi connectivity index (χ0n) is 9.46. The van der Waals surface area contributed by atoms with Crippen LogP contribution >= 0.6 is 0 Å². The lowest BCUT2D eigenvalue weighted by Crippen LogP contribution is -2.50. The van der Waals surface area contributed by atoms with Crippen LogP contribution in [-0.2, 0) is 4.79 Å². The van der Waals surface area contributed by atoms with Gasteiger partial charge in [-0.3, -0.25) is 4.79 Å². The maximum Gasteiger partial charge on any atom is 0.239 e. The number of likely N-dealkylation sites (N-methyl/N-ethyl adjacent to an activating group) is 1. The molecular weight excluding hydrogens is 190 g/mol. The fourth-order valence-electron chi connectivity index (χ4n) is 2.46. The zero-order valence-corrected chi connectivity index (χ0v) is 9.46. The molecule has 0 aromatic rings. The second-order valence-corrected chi connectivity index (χ2v) is 4.60. The van der Waals surface area contributed by atoms with Crippen molar-refractivity contribution in [3.63, 3.8) is 0 Å². The average molecular weight is 211 g/mol. The van der Waals surface area contributed by atoms with E-state index in [0.29, 0.717) is 6.04 Å². The zero-order chi connectivity index (χ0) is 10.7. The predicted molar refractivity (Wildman–Crippen MR) is 59.7 cm³/mol. The summed E-state index contributed by atoms with van der Waals surface area (Å²) in [6.07, 6.45) is 4.48. The van der Waals surface area contributed by atoms with Crippen LogP contribution in [-0.4, -0.2) is 49.6 Å². The van der Waals surface area contributed by atoms with Crippen LogP contribution in [0.5, 0.6) is 0 Å². The third kappa shape index (κ3) is 2.49. The Morgan fingerprint density at radius 3 is 2.73 bits per heavy atom. The summed E-state index contributed by atoms with van der Waals surface area (Å²) in [5.41, 5.74) is 0. The van der Waals surface area contributed by atoms with Crippen LogP contribution in [0.4, 0.5) is 0 Å². The van der Waals surface area contributed by atoms with E-state index in [0.717, 1.165) is 32.5 Å². The molecule has 2 aliphatic rings. The van der Waals surface area contributed by atoms with Gasteiger partial charge >= 0.3 is 0 Å². The SMILES string of the molecule is CN(C(=O)[C@@H]1CCCCN1)C1CCNC1. The lowest BCUT2D eigenvalue weighted by Gasteiger charge is -2.30. The first kappa shape index (κ1) is 10.9. The number of hydrogen-bond acceptors (Lipinski definition) is 3. The van der Waals surface area contributed by atoms with Crippen molar-refractivity contribution < 1.29 is 4.79 Å². The largest absolute Gasteiger partial charge is 0.340 e. The fourth-order valence-corrected chi connectivity index (χ4v) is 2.46. The summed E-state index contributed by atoms with van der Waals surface area (Å²) in [5.74, 6) is 0.281. The maximum atomic E-state index is 12.1. The van der Waals surface area contributed by atoms with Gasteiger partial charge in [0.15, 0.2) is 0 Å². The standard InChI is InChI=1S/C11H21N3O/c1-14(9-5-7-12-8-9)11(15)10-4-2-3-6-13-10/h9-10,12-13H,2-8H2,1H3/t9?,10-/m0/s1. The molecule has 0 spiro atoms. The molecule has 0 aliphatic carbocycles. The molecule has 2 aliphatic heterocycles. The van der Waals surface area contributed by atoms with E-state index < -0.39 is 0 Å². The molecule has 86 valence electrons. The van der Waals surface area contributed by atoms with Gasteiger partial charge in [-0.15, -0.1) is 0 Å². The van der Waals surface area contributed by atoms with Crippen molar-refractivity contribution in [2.24, 2.45) is 0 Å². The molecule has 2 N–H and O–H groups in total. The van der Waals surface area contributed by atoms with Crippen LogP contribution in [0.2, 0.25) is 0 Å². The lowest BCUT2D eigenvalue weighted by atomic mass is 10.0. The van der Waals surface area contributed by atoms with Gasteiger partial charge in [0.1, 0.15) is 0 Å². The predicted octanol–water partition coefficient (Wildman–Crippen LogP) is -0.0512. The minimum atomic E-state index is 0.0735. The molecular formula is C11H21N3O. The van der Waals surface area contributed by atoms with Crippen molar-refractivity contribution in [1.82, 2.24) is 15.5 Å². The quantitative estimate of drug-likeness (QED) is 0.673. The number of carbonyl (C=O) groups is 1. The van der Waals surface area contributed by atoms with E-state index >= 15 is 0 Å². The van der Waals surface area contributed by atoms with Crippen molar-refractivity contribution in [2.75, 3.05) is 26.7 Å². The topological polar surface area (TPSA) is 44.4 Å². The Morgan fingerprint density at radius 1 is 1.27 bits per heavy atom. The Balaban J connectivity index is 1.87. The van der Waals surface area contributed by atoms with Crippen LogP contribution in [0.15, 0.2) is 0 Å². The smallest absolute Gasteiger partial charge is 0.239 e. The monoisotopic (exact) mass is 211 g/mol. The molecule has 2 rings (SSSR count). The van der Waals surface area contributed by atoms with Gasteiger partial charge in [0, 0.05) is 19.6 Å². The molecule has 4 heteroatoms. The first-order chi connectivity index (χ1) is 7.29. The summed E-state index contributed by atoms with van der Waals surface area (Å²) in [5, 5.41) is 6.61. The summed E-state index contributed by atoms with van der Waals surface area (Å²) < 4.78 is 0. The Morgan fingerprint density at radius 2 is 2.13 bits per heavy atom. The van der Waals surface area contributed by atoms with Gasteiger partial charge in [-0.1, -0.05) is 6.42 Å². The van der Waals surface area contributed by atoms with Crippen molar-refractivity contribution in [1.29, 1.82) is 0 Å². The van der Waals surface area contributed by atoms with Gasteiger partial charge in [-0.25, -0.2) is 0 Å². The van der Waals surface area contributed by atoms with Gasteiger partial charge in [-0.05, 0) is 32.4 Å². The van der Waals surface area contributed by atoms with Gasteiger partial charge in [0.05, 0.1) is 6.04 Å². The normalized spacial score (nSPS) is 31.5. The molecule has 2 fully saturated rings. The molecule has 1 unspecified atom stereocenters. The van der Waals surface area contributed by atoms with E-state index in [-0.39, 0.29) is 11.9 Å². The fraction of sp³-hybridized carbons (Fsp3) is 0.909. The summed E-state index contributed by atoms with van der Waals surface area (Å²) in [7, 11) is 1.94. The van der Waals surface area contributed by atoms with Crippen LogP contribution in [0, 0.1) is 0 Å². The highest BCUT2D eigenvalue weighted by atomic mass is 16.2. The van der Waals surface area contributed by atoms with Crippen molar-refractivity contribution in [3.8, 4) is 0 Å². The van der Waals surface area contributed by atoms with Gasteiger partial charge in [0.25, 0.3) is 0 Å². The number of nitrogens with zero attached hydrogens (tertiary/aromatic N) is 1. The molecule has 1 amide bonds. The highest BCUT2D eigenvalue weighted by molar-refractivity contribution is 5.82. The first-order valence-corrected chi connectivity index (χ1v) is 6.00. The van der Waals surface area contributed by atoms with Crippen LogP contribution in [0.1, 0.15) is 25.7 Å². The number of hydrogen-bond donors (Lipinski definition) is 2. The molecule has 0 radical (unpaired) electrons. The molecule has 4 nitrogen and oxygen atoms in total. The number of piperidine rings is 1. The lowest BCUT2D eigenvalue weighted by molar-refractivity contribution is -0.134. The summed E-state index contributed by atoms with van der Waals surface area (Å²) >= 11 is 0. The average Bonchev–Trinajstić information content (AvgIpc) is 2.82. The Kier molecular flexibility index (Phi) is 3.59. The van der Waals surface area contributed by atoms with Crippen molar-refractivity contribution in [3.05, 3.63) is 0 Å². The van der Waals surface area contributed by atoms with E-state index in [1.165, 1.54) is 12.8 Å². The number of nitrogens with one attached hydrogen (secondary N) is 2. The van der Waals surface area contributed by atoms with Gasteiger partial charge in [0.2, 0.25) is 5.91 Å². The molecule has 2 saturated heterocycles. The van der Waals surface area contributed by atoms with E-state index in [2.05, 4.69) is 10.6 Å². The Bertz CT molecular complexity index is 220. The van der Waals surface area contributed by atoms with E-state index in [9.17, 15) is 4.79 Å². The van der Waals surface area contributed by atoms with Crippen LogP contribution < -0.4 is 10.6 Å². The second-order valence-electron chi connectivity index (χ2n) is 4.60. The molecule has 15 heavy (non-hydrogen) atoms. The first-order valence-electron chi connectivity index (χ1n) is 6.00. The summed E-state index contributed by atoms with van der Waals surface area (Å²) in [4.78, 5) is 14.1. The van der Waals surface area contributed by atoms with Gasteiger partial charge < -0.3 is 15.5 Å². The minimum absolute atomic E-state index is 0.0735. The Hall–Kier alpha value is -0.610. The molecule has 0 bridgehead atoms. The summed E-state index contributed by atoms with van der Waals surface area (Å²) in [6.45, 7) is 2.99. The third-order valence-corrected chi connectivity index (χ3v) is 3.54. The summed E-state index contributed by atoms with van der Waals surface area (Å²) in [6, 6.07) is 0.477. The van der Waals surface area contributed by atoms with Crippen molar-refractivity contribution in [2.45, 2.75) is 37.8 Å². The molecule has 2 heterocycles. The molecule has 0 saturated carbocycles. The van der Waals surface area contributed by atoms with E-state index in [4.69, 9.17) is 0 Å². The molecule has 0 aromatic carbocycles. The maximum absolute atomic E-state index is 12.1. The highest BCUT2D eigenvalue weighted by Crippen LogP contribution is 2.13. The van der Waals surface area contributed by atoms with Crippen LogP contribution in [0.3, 0.4) is 0 Å². The minimum Gasteiger partial charge on any atom is -0.340 e. The highest BCUT2D eigenvalue weighted by Gasteiger charge is 2.29. The molecule has 2 atom stereocenters. The Labute approximate surface area is 91.4 Å². The number of amides is 1. The third-order valence-electron chi connectivity index (χ3n) is 3.54. The number of rotatable bonds is 2. The van der Waals surface area contributed by atoms with Gasteiger partial charge in [-0.2, -0.15) is 0 Å². The number of carbonyl (C=O) groups excluding carboxylic acids is 1. The molecule has 0 aromatic heterocycles. The van der Waals surface area contributed by atoms with E-state index in [1.54, 1.807) is 0 Å². The van der Waals surface area contributed by atoms with Crippen LogP contribution in [0.25, 0.3) is 0 Å². The second kappa shape index (κ2) is 4.94. The van der Waals surface area contributed by atoms with Crippen molar-refractivity contribution >= 4 is 5.91 Å². The van der Waals surface area contributed by atoms with E-state index in [1.807, 2.05) is 11.9 Å².